The number of carbonyl (C=O) groups excluding carboxylic acids is 2. The highest BCUT2D eigenvalue weighted by Crippen LogP contribution is 2.32. The van der Waals surface area contributed by atoms with E-state index in [4.69, 9.17) is 15.9 Å². The van der Waals surface area contributed by atoms with E-state index in [9.17, 15) is 9.59 Å². The van der Waals surface area contributed by atoms with Crippen LogP contribution in [0.15, 0.2) is 11.6 Å². The zero-order chi connectivity index (χ0) is 16.7. The third-order valence-corrected chi connectivity index (χ3v) is 4.78. The minimum atomic E-state index is -1.45. The van der Waals surface area contributed by atoms with E-state index in [-0.39, 0.29) is 12.8 Å². The lowest BCUT2D eigenvalue weighted by Gasteiger charge is -2.25. The molecule has 0 heterocycles. The number of terminal acetylenes is 1. The second-order valence-corrected chi connectivity index (χ2v) is 11.9. The van der Waals surface area contributed by atoms with Crippen LogP contribution in [-0.2, 0) is 19.1 Å². The van der Waals surface area contributed by atoms with E-state index in [2.05, 4.69) is 25.6 Å². The van der Waals surface area contributed by atoms with E-state index >= 15 is 0 Å². The molecule has 0 saturated carbocycles. The van der Waals surface area contributed by atoms with Crippen LogP contribution in [0.25, 0.3) is 0 Å². The lowest BCUT2D eigenvalue weighted by Crippen LogP contribution is -2.40. The standard InChI is InChI=1S/C16H26O4Si/c1-8-10-16(14(17)19-3,15(18)20-4)11-9-13(2)12-21(5,6)7/h1,9H,10-12H2,2-7H3/b13-9+. The second-order valence-electron chi connectivity index (χ2n) is 6.44. The van der Waals surface area contributed by atoms with Crippen molar-refractivity contribution in [3.63, 3.8) is 0 Å². The van der Waals surface area contributed by atoms with Crippen LogP contribution >= 0.6 is 0 Å². The first-order valence-electron chi connectivity index (χ1n) is 6.89. The molecule has 0 amide bonds. The lowest BCUT2D eigenvalue weighted by molar-refractivity contribution is -0.168. The van der Waals surface area contributed by atoms with E-state index in [0.29, 0.717) is 0 Å². The number of rotatable bonds is 7. The Morgan fingerprint density at radius 2 is 1.67 bits per heavy atom. The third-order valence-electron chi connectivity index (χ3n) is 3.16. The molecule has 0 aromatic carbocycles. The monoisotopic (exact) mass is 310 g/mol. The Labute approximate surface area is 128 Å². The molecule has 0 unspecified atom stereocenters. The van der Waals surface area contributed by atoms with Gasteiger partial charge >= 0.3 is 11.9 Å². The minimum absolute atomic E-state index is 0.0386. The highest BCUT2D eigenvalue weighted by atomic mass is 28.3. The molecule has 0 aromatic heterocycles. The van der Waals surface area contributed by atoms with E-state index in [1.165, 1.54) is 14.2 Å². The van der Waals surface area contributed by atoms with Crippen molar-refractivity contribution in [1.29, 1.82) is 0 Å². The van der Waals surface area contributed by atoms with Crippen molar-refractivity contribution in [2.45, 2.75) is 45.5 Å². The maximum atomic E-state index is 12.1. The van der Waals surface area contributed by atoms with Crippen LogP contribution in [0.2, 0.25) is 25.7 Å². The van der Waals surface area contributed by atoms with Gasteiger partial charge in [-0.05, 0) is 19.4 Å². The number of hydrogen-bond donors (Lipinski definition) is 0. The second kappa shape index (κ2) is 8.04. The molecule has 0 aliphatic heterocycles. The summed E-state index contributed by atoms with van der Waals surface area (Å²) in [6.07, 6.45) is 7.40. The molecule has 21 heavy (non-hydrogen) atoms. The molecule has 0 fully saturated rings. The van der Waals surface area contributed by atoms with Crippen LogP contribution in [0.4, 0.5) is 0 Å². The quantitative estimate of drug-likeness (QED) is 0.238. The normalized spacial score (nSPS) is 12.5. The van der Waals surface area contributed by atoms with Gasteiger partial charge in [0.25, 0.3) is 0 Å². The van der Waals surface area contributed by atoms with Crippen LogP contribution in [0.3, 0.4) is 0 Å². The van der Waals surface area contributed by atoms with E-state index < -0.39 is 25.4 Å². The van der Waals surface area contributed by atoms with Gasteiger partial charge in [-0.2, -0.15) is 0 Å². The van der Waals surface area contributed by atoms with Crippen LogP contribution in [0.1, 0.15) is 19.8 Å². The molecule has 0 bridgehead atoms. The van der Waals surface area contributed by atoms with Gasteiger partial charge in [-0.3, -0.25) is 9.59 Å². The number of esters is 2. The Hall–Kier alpha value is -1.54. The molecule has 0 radical (unpaired) electrons. The first-order valence-corrected chi connectivity index (χ1v) is 10.6. The largest absolute Gasteiger partial charge is 0.468 e. The number of carbonyl (C=O) groups is 2. The summed E-state index contributed by atoms with van der Waals surface area (Å²) >= 11 is 0. The van der Waals surface area contributed by atoms with Gasteiger partial charge in [-0.1, -0.05) is 31.3 Å². The first kappa shape index (κ1) is 19.5. The molecule has 0 aliphatic rings. The van der Waals surface area contributed by atoms with Gasteiger partial charge in [0.2, 0.25) is 0 Å². The third kappa shape index (κ3) is 5.76. The fourth-order valence-electron chi connectivity index (χ4n) is 2.29. The molecule has 118 valence electrons. The summed E-state index contributed by atoms with van der Waals surface area (Å²) in [6.45, 7) is 8.80. The van der Waals surface area contributed by atoms with Crippen molar-refractivity contribution in [1.82, 2.24) is 0 Å². The Balaban J connectivity index is 5.42. The predicted octanol–water partition coefficient (Wildman–Crippen LogP) is 3.02. The van der Waals surface area contributed by atoms with Crippen molar-refractivity contribution in [2.75, 3.05) is 14.2 Å². The van der Waals surface area contributed by atoms with Crippen molar-refractivity contribution in [3.8, 4) is 12.3 Å². The zero-order valence-electron chi connectivity index (χ0n) is 13.9. The van der Waals surface area contributed by atoms with Crippen LogP contribution in [0, 0.1) is 17.8 Å². The summed E-state index contributed by atoms with van der Waals surface area (Å²) in [5, 5.41) is 0. The molecular formula is C16H26O4Si. The van der Waals surface area contributed by atoms with Gasteiger partial charge < -0.3 is 9.47 Å². The van der Waals surface area contributed by atoms with Crippen molar-refractivity contribution < 1.29 is 19.1 Å². The Kier molecular flexibility index (Phi) is 7.45. The summed E-state index contributed by atoms with van der Waals surface area (Å²) in [5.41, 5.74) is -0.290. The number of hydrogen-bond acceptors (Lipinski definition) is 4. The smallest absolute Gasteiger partial charge is 0.324 e. The summed E-state index contributed by atoms with van der Waals surface area (Å²) < 4.78 is 9.54. The molecule has 4 nitrogen and oxygen atoms in total. The van der Waals surface area contributed by atoms with Crippen LogP contribution in [0.5, 0.6) is 0 Å². The van der Waals surface area contributed by atoms with E-state index in [1.54, 1.807) is 0 Å². The summed E-state index contributed by atoms with van der Waals surface area (Å²) in [6, 6.07) is 1.00. The van der Waals surface area contributed by atoms with Gasteiger partial charge in [0.05, 0.1) is 14.2 Å². The van der Waals surface area contributed by atoms with Gasteiger partial charge in [-0.25, -0.2) is 0 Å². The highest BCUT2D eigenvalue weighted by molar-refractivity contribution is 6.76. The first-order chi connectivity index (χ1) is 9.62. The maximum Gasteiger partial charge on any atom is 0.324 e. The van der Waals surface area contributed by atoms with Crippen LogP contribution < -0.4 is 0 Å². The predicted molar refractivity (Wildman–Crippen MR) is 86.4 cm³/mol. The summed E-state index contributed by atoms with van der Waals surface area (Å²) in [7, 11) is 1.24. The Morgan fingerprint density at radius 1 is 1.19 bits per heavy atom. The SMILES string of the molecule is C#CCC(C/C=C(\C)C[Si](C)(C)C)(C(=O)OC)C(=O)OC. The molecule has 0 rings (SSSR count). The molecule has 0 spiro atoms. The number of allylic oxidation sites excluding steroid dienone is 2. The molecule has 0 saturated heterocycles. The Bertz CT molecular complexity index is 436. The van der Waals surface area contributed by atoms with E-state index in [1.807, 2.05) is 13.0 Å². The van der Waals surface area contributed by atoms with Crippen molar-refractivity contribution >= 4 is 20.0 Å². The maximum absolute atomic E-state index is 12.1. The molecule has 0 aromatic rings. The van der Waals surface area contributed by atoms with Gasteiger partial charge in [0, 0.05) is 14.5 Å². The van der Waals surface area contributed by atoms with Gasteiger partial charge in [0.15, 0.2) is 5.41 Å². The fraction of sp³-hybridized carbons (Fsp3) is 0.625. The zero-order valence-corrected chi connectivity index (χ0v) is 14.9. The Morgan fingerprint density at radius 3 is 2.00 bits per heavy atom. The summed E-state index contributed by atoms with van der Waals surface area (Å²) in [4.78, 5) is 24.2. The average Bonchev–Trinajstić information content (AvgIpc) is 2.39. The molecular weight excluding hydrogens is 284 g/mol. The van der Waals surface area contributed by atoms with Crippen LogP contribution in [-0.4, -0.2) is 34.2 Å². The van der Waals surface area contributed by atoms with Crippen molar-refractivity contribution in [2.24, 2.45) is 5.41 Å². The summed E-state index contributed by atoms with van der Waals surface area (Å²) in [5.74, 6) is 1.09. The lowest BCUT2D eigenvalue weighted by atomic mass is 9.80. The van der Waals surface area contributed by atoms with Gasteiger partial charge in [-0.15, -0.1) is 12.3 Å². The fourth-order valence-corrected chi connectivity index (χ4v) is 4.11. The molecule has 0 N–H and O–H groups in total. The van der Waals surface area contributed by atoms with Gasteiger partial charge in [0.1, 0.15) is 0 Å². The average molecular weight is 310 g/mol. The number of methoxy groups -OCH3 is 2. The number of ether oxygens (including phenoxy) is 2. The van der Waals surface area contributed by atoms with E-state index in [0.717, 1.165) is 11.6 Å². The van der Waals surface area contributed by atoms with Crippen molar-refractivity contribution in [3.05, 3.63) is 11.6 Å². The molecule has 0 aliphatic carbocycles. The molecule has 0 atom stereocenters. The minimum Gasteiger partial charge on any atom is -0.468 e. The molecule has 5 heteroatoms. The topological polar surface area (TPSA) is 52.6 Å². The highest BCUT2D eigenvalue weighted by Gasteiger charge is 2.47.